The maximum absolute atomic E-state index is 12.0. The first-order valence-electron chi connectivity index (χ1n) is 8.52. The van der Waals surface area contributed by atoms with Crippen molar-refractivity contribution in [2.24, 2.45) is 0 Å². The number of piperidine rings is 1. The minimum Gasteiger partial charge on any atom is -0.464 e. The monoisotopic (exact) mass is 349 g/mol. The van der Waals surface area contributed by atoms with E-state index in [1.54, 1.807) is 6.20 Å². The number of carbonyl (C=O) groups is 2. The van der Waals surface area contributed by atoms with Crippen molar-refractivity contribution in [3.8, 4) is 0 Å². The predicted molar refractivity (Wildman–Crippen MR) is 93.2 cm³/mol. The second kappa shape index (κ2) is 8.29. The van der Waals surface area contributed by atoms with Gasteiger partial charge in [0.05, 0.1) is 7.11 Å². The van der Waals surface area contributed by atoms with Gasteiger partial charge >= 0.3 is 12.1 Å². The topological polar surface area (TPSA) is 80.8 Å². The van der Waals surface area contributed by atoms with E-state index in [1.165, 1.54) is 7.11 Å². The molecule has 1 saturated heterocycles. The standard InChI is InChI=1S/C18H27N3O4/c1-18(2,3)25-17(23)20-14-8-6-10-21(12-14)11-13-7-5-9-19-15(13)16(22)24-4/h5,7,9,14H,6,8,10-12H2,1-4H3,(H,20,23)/t14-/m0/s1. The van der Waals surface area contributed by atoms with Crippen LogP contribution in [0.2, 0.25) is 0 Å². The third-order valence-electron chi connectivity index (χ3n) is 3.89. The fraction of sp³-hybridized carbons (Fsp3) is 0.611. The highest BCUT2D eigenvalue weighted by Gasteiger charge is 2.25. The number of amides is 1. The Hall–Kier alpha value is -2.15. The number of nitrogens with one attached hydrogen (secondary N) is 1. The quantitative estimate of drug-likeness (QED) is 0.841. The summed E-state index contributed by atoms with van der Waals surface area (Å²) in [5.41, 5.74) is 0.656. The Balaban J connectivity index is 1.96. The highest BCUT2D eigenvalue weighted by Crippen LogP contribution is 2.17. The van der Waals surface area contributed by atoms with Crippen LogP contribution in [-0.2, 0) is 16.0 Å². The summed E-state index contributed by atoms with van der Waals surface area (Å²) in [5.74, 6) is -0.434. The van der Waals surface area contributed by atoms with Crippen LogP contribution in [0.25, 0.3) is 0 Å². The van der Waals surface area contributed by atoms with E-state index in [0.29, 0.717) is 18.8 Å². The number of likely N-dealkylation sites (tertiary alicyclic amines) is 1. The van der Waals surface area contributed by atoms with E-state index < -0.39 is 17.7 Å². The van der Waals surface area contributed by atoms with Crippen molar-refractivity contribution < 1.29 is 19.1 Å². The van der Waals surface area contributed by atoms with Crippen molar-refractivity contribution in [2.75, 3.05) is 20.2 Å². The number of hydrogen-bond donors (Lipinski definition) is 1. The van der Waals surface area contributed by atoms with Crippen LogP contribution in [0.3, 0.4) is 0 Å². The average Bonchev–Trinajstić information content (AvgIpc) is 2.53. The molecule has 7 nitrogen and oxygen atoms in total. The van der Waals surface area contributed by atoms with Crippen molar-refractivity contribution in [3.05, 3.63) is 29.6 Å². The van der Waals surface area contributed by atoms with Crippen molar-refractivity contribution in [1.82, 2.24) is 15.2 Å². The summed E-state index contributed by atoms with van der Waals surface area (Å²) in [5, 5.41) is 2.93. The van der Waals surface area contributed by atoms with Gasteiger partial charge in [-0.15, -0.1) is 0 Å². The maximum Gasteiger partial charge on any atom is 0.407 e. The molecule has 0 unspecified atom stereocenters. The molecule has 0 bridgehead atoms. The van der Waals surface area contributed by atoms with Crippen LogP contribution in [0.15, 0.2) is 18.3 Å². The molecule has 0 spiro atoms. The Morgan fingerprint density at radius 3 is 2.84 bits per heavy atom. The molecule has 1 aliphatic heterocycles. The van der Waals surface area contributed by atoms with Crippen molar-refractivity contribution in [3.63, 3.8) is 0 Å². The number of ether oxygens (including phenoxy) is 2. The molecule has 2 rings (SSSR count). The van der Waals surface area contributed by atoms with Gasteiger partial charge in [-0.25, -0.2) is 14.6 Å². The lowest BCUT2D eigenvalue weighted by molar-refractivity contribution is 0.0470. The molecule has 1 fully saturated rings. The molecule has 0 saturated carbocycles. The summed E-state index contributed by atoms with van der Waals surface area (Å²) < 4.78 is 10.1. The first kappa shape index (κ1) is 19.2. The van der Waals surface area contributed by atoms with E-state index >= 15 is 0 Å². The second-order valence-electron chi connectivity index (χ2n) is 7.22. The zero-order valence-electron chi connectivity index (χ0n) is 15.4. The average molecular weight is 349 g/mol. The van der Waals surface area contributed by atoms with E-state index in [4.69, 9.17) is 9.47 Å². The van der Waals surface area contributed by atoms with Crippen LogP contribution in [-0.4, -0.2) is 53.8 Å². The fourth-order valence-electron chi connectivity index (χ4n) is 2.88. The van der Waals surface area contributed by atoms with Crippen LogP contribution in [0.4, 0.5) is 4.79 Å². The van der Waals surface area contributed by atoms with Crippen LogP contribution in [0.5, 0.6) is 0 Å². The maximum atomic E-state index is 12.0. The molecular formula is C18H27N3O4. The highest BCUT2D eigenvalue weighted by molar-refractivity contribution is 5.88. The van der Waals surface area contributed by atoms with Gasteiger partial charge in [0, 0.05) is 25.3 Å². The number of rotatable bonds is 4. The normalized spacial score (nSPS) is 18.5. The van der Waals surface area contributed by atoms with E-state index in [2.05, 4.69) is 15.2 Å². The van der Waals surface area contributed by atoms with Crippen molar-refractivity contribution in [2.45, 2.75) is 51.8 Å². The Bertz CT molecular complexity index is 613. The zero-order valence-corrected chi connectivity index (χ0v) is 15.4. The molecule has 2 heterocycles. The number of nitrogens with zero attached hydrogens (tertiary/aromatic N) is 2. The molecule has 1 aliphatic rings. The largest absolute Gasteiger partial charge is 0.464 e. The van der Waals surface area contributed by atoms with Gasteiger partial charge in [-0.2, -0.15) is 0 Å². The molecule has 0 aliphatic carbocycles. The van der Waals surface area contributed by atoms with E-state index in [-0.39, 0.29) is 6.04 Å². The molecule has 1 amide bonds. The first-order valence-corrected chi connectivity index (χ1v) is 8.52. The number of carbonyl (C=O) groups excluding carboxylic acids is 2. The van der Waals surface area contributed by atoms with E-state index in [1.807, 2.05) is 32.9 Å². The van der Waals surface area contributed by atoms with Crippen LogP contribution < -0.4 is 5.32 Å². The number of alkyl carbamates (subject to hydrolysis) is 1. The highest BCUT2D eigenvalue weighted by atomic mass is 16.6. The van der Waals surface area contributed by atoms with Crippen molar-refractivity contribution >= 4 is 12.1 Å². The molecule has 25 heavy (non-hydrogen) atoms. The molecular weight excluding hydrogens is 322 g/mol. The summed E-state index contributed by atoms with van der Waals surface area (Å²) in [6.07, 6.45) is 3.07. The summed E-state index contributed by atoms with van der Waals surface area (Å²) in [7, 11) is 1.35. The molecule has 0 radical (unpaired) electrons. The van der Waals surface area contributed by atoms with E-state index in [9.17, 15) is 9.59 Å². The number of aromatic nitrogens is 1. The van der Waals surface area contributed by atoms with Crippen LogP contribution >= 0.6 is 0 Å². The van der Waals surface area contributed by atoms with Gasteiger partial charge in [0.15, 0.2) is 5.69 Å². The van der Waals surface area contributed by atoms with Gasteiger partial charge in [0.25, 0.3) is 0 Å². The van der Waals surface area contributed by atoms with E-state index in [0.717, 1.165) is 24.9 Å². The Kier molecular flexibility index (Phi) is 6.36. The molecule has 1 aromatic rings. The molecule has 7 heteroatoms. The van der Waals surface area contributed by atoms with Crippen LogP contribution in [0, 0.1) is 0 Å². The number of hydrogen-bond acceptors (Lipinski definition) is 6. The Morgan fingerprint density at radius 2 is 2.16 bits per heavy atom. The number of methoxy groups -OCH3 is 1. The van der Waals surface area contributed by atoms with Gasteiger partial charge < -0.3 is 14.8 Å². The second-order valence-corrected chi connectivity index (χ2v) is 7.22. The van der Waals surface area contributed by atoms with Gasteiger partial charge in [-0.1, -0.05) is 6.07 Å². The lowest BCUT2D eigenvalue weighted by Crippen LogP contribution is -2.48. The summed E-state index contributed by atoms with van der Waals surface area (Å²) >= 11 is 0. The molecule has 1 N–H and O–H groups in total. The van der Waals surface area contributed by atoms with Gasteiger partial charge in [0.1, 0.15) is 5.60 Å². The summed E-state index contributed by atoms with van der Waals surface area (Å²) in [4.78, 5) is 30.1. The minimum atomic E-state index is -0.510. The minimum absolute atomic E-state index is 0.0295. The predicted octanol–water partition coefficient (Wildman–Crippen LogP) is 2.36. The fourth-order valence-corrected chi connectivity index (χ4v) is 2.88. The third-order valence-corrected chi connectivity index (χ3v) is 3.89. The zero-order chi connectivity index (χ0) is 18.4. The lowest BCUT2D eigenvalue weighted by atomic mass is 10.0. The molecule has 0 aromatic carbocycles. The first-order chi connectivity index (χ1) is 11.8. The Labute approximate surface area is 148 Å². The van der Waals surface area contributed by atoms with Gasteiger partial charge in [-0.3, -0.25) is 4.90 Å². The van der Waals surface area contributed by atoms with Gasteiger partial charge in [-0.05, 0) is 51.8 Å². The molecule has 138 valence electrons. The SMILES string of the molecule is COC(=O)c1ncccc1CN1CCC[C@H](NC(=O)OC(C)(C)C)C1. The molecule has 1 aromatic heterocycles. The number of pyridine rings is 1. The van der Waals surface area contributed by atoms with Crippen LogP contribution in [0.1, 0.15) is 49.7 Å². The van der Waals surface area contributed by atoms with Gasteiger partial charge in [0.2, 0.25) is 0 Å². The summed E-state index contributed by atoms with van der Waals surface area (Å²) in [6, 6.07) is 3.72. The number of esters is 1. The lowest BCUT2D eigenvalue weighted by Gasteiger charge is -2.33. The molecule has 1 atom stereocenters. The third kappa shape index (κ3) is 6.01. The van der Waals surface area contributed by atoms with Crippen molar-refractivity contribution in [1.29, 1.82) is 0 Å². The Morgan fingerprint density at radius 1 is 1.40 bits per heavy atom. The smallest absolute Gasteiger partial charge is 0.407 e. The summed E-state index contributed by atoms with van der Waals surface area (Å²) in [6.45, 7) is 7.73.